The third-order valence-electron chi connectivity index (χ3n) is 1.36. The molecule has 5 heteroatoms. The van der Waals surface area contributed by atoms with Crippen molar-refractivity contribution in [1.82, 2.24) is 0 Å². The summed E-state index contributed by atoms with van der Waals surface area (Å²) in [5, 5.41) is 8.63. The van der Waals surface area contributed by atoms with Crippen molar-refractivity contribution in [2.24, 2.45) is 0 Å². The van der Waals surface area contributed by atoms with Crippen molar-refractivity contribution in [1.29, 1.82) is 0 Å². The number of carboxylic acid groups (broad SMARTS) is 1. The van der Waals surface area contributed by atoms with Crippen LogP contribution < -0.4 is 9.92 Å². The molecule has 0 aromatic heterocycles. The fourth-order valence-electron chi connectivity index (χ4n) is 0.777. The Hall–Kier alpha value is -1.36. The highest BCUT2D eigenvalue weighted by Crippen LogP contribution is 2.20. The Morgan fingerprint density at radius 1 is 1.58 bits per heavy atom. The number of hydrogen-bond acceptors (Lipinski definition) is 4. The van der Waals surface area contributed by atoms with Crippen molar-refractivity contribution < 1.29 is 14.1 Å². The fraction of sp³-hybridized carbons (Fsp3) is 0. The summed E-state index contributed by atoms with van der Waals surface area (Å²) < 4.78 is 4.54. The van der Waals surface area contributed by atoms with E-state index in [-0.39, 0.29) is 11.3 Å². The molecule has 4 nitrogen and oxygen atoms in total. The summed E-state index contributed by atoms with van der Waals surface area (Å²) in [7, 11) is 0. The van der Waals surface area contributed by atoms with Crippen LogP contribution in [0.4, 0.5) is 5.69 Å². The van der Waals surface area contributed by atoms with Gasteiger partial charge in [0, 0.05) is 18.6 Å². The van der Waals surface area contributed by atoms with Gasteiger partial charge in [-0.25, -0.2) is 4.79 Å². The number of rotatable bonds is 2. The van der Waals surface area contributed by atoms with E-state index < -0.39 is 5.97 Å². The number of benzene rings is 1. The van der Waals surface area contributed by atoms with Gasteiger partial charge in [-0.3, -0.25) is 0 Å². The summed E-state index contributed by atoms with van der Waals surface area (Å²) in [4.78, 5) is 10.5. The second-order valence-electron chi connectivity index (χ2n) is 2.15. The third kappa shape index (κ3) is 1.62. The van der Waals surface area contributed by atoms with Crippen molar-refractivity contribution in [3.05, 3.63) is 23.8 Å². The number of carboxylic acids is 1. The summed E-state index contributed by atoms with van der Waals surface area (Å²) in [5.74, 6) is -0.732. The Morgan fingerprint density at radius 2 is 2.25 bits per heavy atom. The van der Waals surface area contributed by atoms with E-state index in [2.05, 4.69) is 17.1 Å². The number of aromatic carboxylic acids is 1. The monoisotopic (exact) mass is 185 g/mol. The Morgan fingerprint density at radius 3 is 2.75 bits per heavy atom. The normalized spacial score (nSPS) is 9.42. The van der Waals surface area contributed by atoms with Crippen molar-refractivity contribution in [2.75, 3.05) is 5.73 Å². The summed E-state index contributed by atoms with van der Waals surface area (Å²) in [6.07, 6.45) is 0. The molecule has 0 unspecified atom stereocenters. The molecule has 0 fully saturated rings. The van der Waals surface area contributed by atoms with Crippen molar-refractivity contribution in [3.8, 4) is 5.75 Å². The molecule has 0 aliphatic carbocycles. The zero-order chi connectivity index (χ0) is 9.14. The largest absolute Gasteiger partial charge is 0.478 e. The summed E-state index contributed by atoms with van der Waals surface area (Å²) >= 11 is 3.53. The molecule has 0 heterocycles. The van der Waals surface area contributed by atoms with Gasteiger partial charge in [0.1, 0.15) is 5.75 Å². The van der Waals surface area contributed by atoms with Crippen LogP contribution in [-0.4, -0.2) is 11.1 Å². The predicted molar refractivity (Wildman–Crippen MR) is 47.4 cm³/mol. The van der Waals surface area contributed by atoms with E-state index in [1.165, 1.54) is 18.2 Å². The first-order chi connectivity index (χ1) is 5.65. The smallest absolute Gasteiger partial charge is 0.337 e. The molecule has 3 N–H and O–H groups in total. The molecule has 0 saturated heterocycles. The van der Waals surface area contributed by atoms with Crippen LogP contribution in [0.15, 0.2) is 18.2 Å². The van der Waals surface area contributed by atoms with Crippen LogP contribution in [-0.2, 0) is 0 Å². The average molecular weight is 185 g/mol. The molecular formula is C7H7NO3S. The highest BCUT2D eigenvalue weighted by atomic mass is 32.1. The zero-order valence-corrected chi connectivity index (χ0v) is 6.91. The Kier molecular flexibility index (Phi) is 2.44. The van der Waals surface area contributed by atoms with Crippen LogP contribution >= 0.6 is 12.9 Å². The van der Waals surface area contributed by atoms with Crippen molar-refractivity contribution in [2.45, 2.75) is 0 Å². The van der Waals surface area contributed by atoms with Crippen LogP contribution in [0.1, 0.15) is 10.4 Å². The minimum atomic E-state index is -1.08. The van der Waals surface area contributed by atoms with Crippen LogP contribution in [0.5, 0.6) is 5.75 Å². The van der Waals surface area contributed by atoms with Gasteiger partial charge in [-0.15, -0.1) is 0 Å². The molecule has 0 amide bonds. The second-order valence-corrected chi connectivity index (χ2v) is 2.33. The standard InChI is InChI=1S/C7H7NO3S/c8-6-2-1-4(11-12)3-5(6)7(9)10/h1-3,12H,8H2,(H,9,10). The van der Waals surface area contributed by atoms with Crippen LogP contribution in [0.3, 0.4) is 0 Å². The minimum absolute atomic E-state index is 0.0153. The number of hydrogen-bond donors (Lipinski definition) is 3. The van der Waals surface area contributed by atoms with E-state index in [9.17, 15) is 4.79 Å². The molecule has 0 radical (unpaired) electrons. The van der Waals surface area contributed by atoms with Gasteiger partial charge in [-0.05, 0) is 18.2 Å². The minimum Gasteiger partial charge on any atom is -0.478 e. The molecule has 0 spiro atoms. The van der Waals surface area contributed by atoms with E-state index in [4.69, 9.17) is 10.8 Å². The van der Waals surface area contributed by atoms with Gasteiger partial charge in [0.05, 0.1) is 5.56 Å². The number of nitrogens with two attached hydrogens (primary N) is 1. The lowest BCUT2D eigenvalue weighted by molar-refractivity contribution is 0.0698. The van der Waals surface area contributed by atoms with Gasteiger partial charge in [0.25, 0.3) is 0 Å². The molecule has 1 rings (SSSR count). The predicted octanol–water partition coefficient (Wildman–Crippen LogP) is 1.19. The maximum atomic E-state index is 10.5. The third-order valence-corrected chi connectivity index (χ3v) is 1.57. The quantitative estimate of drug-likeness (QED) is 0.367. The van der Waals surface area contributed by atoms with Gasteiger partial charge >= 0.3 is 5.97 Å². The molecule has 1 aromatic rings. The SMILES string of the molecule is Nc1ccc(OS)cc1C(=O)O. The molecule has 1 aromatic carbocycles. The lowest BCUT2D eigenvalue weighted by atomic mass is 10.2. The number of anilines is 1. The van der Waals surface area contributed by atoms with Crippen molar-refractivity contribution >= 4 is 24.6 Å². The van der Waals surface area contributed by atoms with E-state index in [1.807, 2.05) is 0 Å². The van der Waals surface area contributed by atoms with Crippen molar-refractivity contribution in [3.63, 3.8) is 0 Å². The molecular weight excluding hydrogens is 178 g/mol. The second kappa shape index (κ2) is 3.36. The Labute approximate surface area is 74.6 Å². The Balaban J connectivity index is 3.17. The summed E-state index contributed by atoms with van der Waals surface area (Å²) in [5.41, 5.74) is 5.60. The molecule has 0 aliphatic heterocycles. The highest BCUT2D eigenvalue weighted by molar-refractivity contribution is 7.75. The van der Waals surface area contributed by atoms with Crippen LogP contribution in [0.2, 0.25) is 0 Å². The van der Waals surface area contributed by atoms with E-state index in [0.717, 1.165) is 0 Å². The van der Waals surface area contributed by atoms with Crippen LogP contribution in [0.25, 0.3) is 0 Å². The summed E-state index contributed by atoms with van der Waals surface area (Å²) in [6, 6.07) is 4.30. The maximum Gasteiger partial charge on any atom is 0.337 e. The molecule has 64 valence electrons. The molecule has 12 heavy (non-hydrogen) atoms. The van der Waals surface area contributed by atoms with Gasteiger partial charge in [0.2, 0.25) is 0 Å². The van der Waals surface area contributed by atoms with E-state index in [0.29, 0.717) is 5.75 Å². The molecule has 0 aliphatic rings. The van der Waals surface area contributed by atoms with E-state index in [1.54, 1.807) is 0 Å². The highest BCUT2D eigenvalue weighted by Gasteiger charge is 2.08. The first kappa shape index (κ1) is 8.73. The maximum absolute atomic E-state index is 10.5. The first-order valence-corrected chi connectivity index (χ1v) is 3.46. The van der Waals surface area contributed by atoms with Gasteiger partial charge in [0.15, 0.2) is 0 Å². The number of carbonyl (C=O) groups is 1. The lowest BCUT2D eigenvalue weighted by Crippen LogP contribution is -2.01. The number of nitrogen functional groups attached to an aromatic ring is 1. The molecule has 0 saturated carbocycles. The van der Waals surface area contributed by atoms with Gasteiger partial charge in [-0.2, -0.15) is 0 Å². The summed E-state index contributed by atoms with van der Waals surface area (Å²) in [6.45, 7) is 0. The fourth-order valence-corrected chi connectivity index (χ4v) is 0.891. The topological polar surface area (TPSA) is 72.5 Å². The average Bonchev–Trinajstić information content (AvgIpc) is 2.05. The van der Waals surface area contributed by atoms with Gasteiger partial charge < -0.3 is 15.0 Å². The van der Waals surface area contributed by atoms with Gasteiger partial charge in [-0.1, -0.05) is 0 Å². The number of thiol groups is 1. The molecule has 0 atom stereocenters. The van der Waals surface area contributed by atoms with Crippen LogP contribution in [0, 0.1) is 0 Å². The van der Waals surface area contributed by atoms with E-state index >= 15 is 0 Å². The Bertz CT molecular complexity index is 314. The molecule has 0 bridgehead atoms. The zero-order valence-electron chi connectivity index (χ0n) is 6.02. The lowest BCUT2D eigenvalue weighted by Gasteiger charge is -2.02. The first-order valence-electron chi connectivity index (χ1n) is 3.09.